The van der Waals surface area contributed by atoms with Crippen molar-refractivity contribution < 1.29 is 19.8 Å². The van der Waals surface area contributed by atoms with Crippen LogP contribution in [0.1, 0.15) is 29.8 Å². The van der Waals surface area contributed by atoms with Crippen molar-refractivity contribution in [2.24, 2.45) is 5.73 Å². The summed E-state index contributed by atoms with van der Waals surface area (Å²) in [5.41, 5.74) is 5.08. The summed E-state index contributed by atoms with van der Waals surface area (Å²) in [5.74, 6) is -2.29. The molecule has 0 aliphatic heterocycles. The number of fused-ring (bicyclic) bond motifs is 1. The molecule has 0 unspecified atom stereocenters. The molecule has 0 fully saturated rings. The van der Waals surface area contributed by atoms with Crippen molar-refractivity contribution in [3.63, 3.8) is 0 Å². The summed E-state index contributed by atoms with van der Waals surface area (Å²) in [6.45, 7) is 0.447. The van der Waals surface area contributed by atoms with Crippen LogP contribution in [0.3, 0.4) is 0 Å². The lowest BCUT2D eigenvalue weighted by molar-refractivity contribution is -0.139. The molecular weight excluding hydrogens is 334 g/mol. The number of amides is 1. The van der Waals surface area contributed by atoms with Crippen LogP contribution in [0.4, 0.5) is 0 Å². The summed E-state index contributed by atoms with van der Waals surface area (Å²) in [4.78, 5) is 27.5. The van der Waals surface area contributed by atoms with Gasteiger partial charge >= 0.3 is 5.97 Å². The Morgan fingerprint density at radius 1 is 1.25 bits per heavy atom. The molecule has 0 aliphatic rings. The third-order valence-electron chi connectivity index (χ3n) is 3.60. The number of nitrogens with zero attached hydrogens (tertiary/aromatic N) is 1. The van der Waals surface area contributed by atoms with Gasteiger partial charge in [-0.15, -0.1) is 0 Å². The fraction of sp³-hybridized carbons (Fsp3) is 0.312. The number of halogens is 1. The van der Waals surface area contributed by atoms with E-state index in [1.165, 1.54) is 0 Å². The zero-order chi connectivity index (χ0) is 17.7. The van der Waals surface area contributed by atoms with Gasteiger partial charge in [-0.2, -0.15) is 0 Å². The summed E-state index contributed by atoms with van der Waals surface area (Å²) in [7, 11) is 0. The SMILES string of the molecule is NCCCC[C@H](NC(=O)c1nc(Cl)c2ccccc2c1O)C(=O)O. The number of carboxylic acid groups (broad SMARTS) is 1. The first-order chi connectivity index (χ1) is 11.5. The lowest BCUT2D eigenvalue weighted by Crippen LogP contribution is -2.41. The van der Waals surface area contributed by atoms with E-state index in [0.717, 1.165) is 0 Å². The Hall–Kier alpha value is -2.38. The molecule has 5 N–H and O–H groups in total. The van der Waals surface area contributed by atoms with E-state index >= 15 is 0 Å². The van der Waals surface area contributed by atoms with Gasteiger partial charge in [-0.1, -0.05) is 35.9 Å². The molecule has 7 nitrogen and oxygen atoms in total. The van der Waals surface area contributed by atoms with Gasteiger partial charge < -0.3 is 21.3 Å². The van der Waals surface area contributed by atoms with Crippen LogP contribution in [0.15, 0.2) is 24.3 Å². The molecule has 1 aromatic carbocycles. The minimum absolute atomic E-state index is 0.0588. The van der Waals surface area contributed by atoms with E-state index in [4.69, 9.17) is 17.3 Å². The number of nitrogens with one attached hydrogen (secondary N) is 1. The minimum Gasteiger partial charge on any atom is -0.505 e. The number of aromatic nitrogens is 1. The molecule has 128 valence electrons. The molecule has 0 spiro atoms. The van der Waals surface area contributed by atoms with Crippen molar-refractivity contribution in [3.8, 4) is 5.75 Å². The zero-order valence-corrected chi connectivity index (χ0v) is 13.6. The summed E-state index contributed by atoms with van der Waals surface area (Å²) in [6, 6.07) is 5.60. The van der Waals surface area contributed by atoms with Crippen LogP contribution in [0, 0.1) is 0 Å². The van der Waals surface area contributed by atoms with Crippen molar-refractivity contribution in [2.45, 2.75) is 25.3 Å². The molecule has 1 heterocycles. The monoisotopic (exact) mass is 351 g/mol. The number of unbranched alkanes of at least 4 members (excludes halogenated alkanes) is 1. The van der Waals surface area contributed by atoms with Crippen molar-refractivity contribution >= 4 is 34.2 Å². The molecule has 0 bridgehead atoms. The lowest BCUT2D eigenvalue weighted by Gasteiger charge is -2.15. The minimum atomic E-state index is -1.16. The third-order valence-corrected chi connectivity index (χ3v) is 3.89. The fourth-order valence-electron chi connectivity index (χ4n) is 2.34. The standard InChI is InChI=1S/C16H18ClN3O4/c17-14-10-6-2-1-5-9(10)13(21)12(20-14)15(22)19-11(16(23)24)7-3-4-8-18/h1-2,5-6,11,21H,3-4,7-8,18H2,(H,19,22)(H,23,24)/t11-/m0/s1. The summed E-state index contributed by atoms with van der Waals surface area (Å²) in [6.07, 6.45) is 1.46. The molecule has 0 saturated carbocycles. The van der Waals surface area contributed by atoms with Crippen LogP contribution in [0.25, 0.3) is 10.8 Å². The van der Waals surface area contributed by atoms with Crippen molar-refractivity contribution in [3.05, 3.63) is 35.1 Å². The van der Waals surface area contributed by atoms with Gasteiger partial charge in [0, 0.05) is 10.8 Å². The predicted octanol–water partition coefficient (Wildman–Crippen LogP) is 1.91. The molecule has 1 atom stereocenters. The molecule has 2 rings (SSSR count). The molecule has 0 radical (unpaired) electrons. The van der Waals surface area contributed by atoms with Crippen LogP contribution in [0.5, 0.6) is 5.75 Å². The number of benzene rings is 1. The Bertz CT molecular complexity index is 766. The highest BCUT2D eigenvalue weighted by atomic mass is 35.5. The van der Waals surface area contributed by atoms with Gasteiger partial charge in [-0.05, 0) is 25.8 Å². The molecule has 1 amide bonds. The normalized spacial score (nSPS) is 12.1. The van der Waals surface area contributed by atoms with E-state index in [9.17, 15) is 19.8 Å². The molecule has 1 aromatic heterocycles. The lowest BCUT2D eigenvalue weighted by atomic mass is 10.1. The zero-order valence-electron chi connectivity index (χ0n) is 12.8. The van der Waals surface area contributed by atoms with Gasteiger partial charge in [0.05, 0.1) is 0 Å². The number of nitrogens with two attached hydrogens (primary N) is 1. The maximum absolute atomic E-state index is 12.3. The Labute approximate surface area is 143 Å². The van der Waals surface area contributed by atoms with Gasteiger partial charge in [0.2, 0.25) is 0 Å². The van der Waals surface area contributed by atoms with Gasteiger partial charge in [0.15, 0.2) is 11.4 Å². The van der Waals surface area contributed by atoms with Crippen LogP contribution in [-0.2, 0) is 4.79 Å². The molecule has 24 heavy (non-hydrogen) atoms. The number of carbonyl (C=O) groups is 2. The first kappa shape index (κ1) is 18.0. The number of aromatic hydroxyl groups is 1. The summed E-state index contributed by atoms with van der Waals surface area (Å²) >= 11 is 6.05. The van der Waals surface area contributed by atoms with Gasteiger partial charge in [-0.3, -0.25) is 4.79 Å². The van der Waals surface area contributed by atoms with E-state index in [0.29, 0.717) is 30.2 Å². The Kier molecular flexibility index (Phi) is 5.94. The first-order valence-corrected chi connectivity index (χ1v) is 7.84. The van der Waals surface area contributed by atoms with E-state index < -0.39 is 17.9 Å². The van der Waals surface area contributed by atoms with Crippen molar-refractivity contribution in [1.82, 2.24) is 10.3 Å². The third kappa shape index (κ3) is 3.93. The molecule has 2 aromatic rings. The number of hydrogen-bond acceptors (Lipinski definition) is 5. The average molecular weight is 352 g/mol. The van der Waals surface area contributed by atoms with Gasteiger partial charge in [0.25, 0.3) is 5.91 Å². The fourth-order valence-corrected chi connectivity index (χ4v) is 2.59. The van der Waals surface area contributed by atoms with Crippen LogP contribution < -0.4 is 11.1 Å². The van der Waals surface area contributed by atoms with Crippen LogP contribution >= 0.6 is 11.6 Å². The second-order valence-corrected chi connectivity index (χ2v) is 5.65. The Morgan fingerprint density at radius 3 is 2.54 bits per heavy atom. The maximum Gasteiger partial charge on any atom is 0.326 e. The molecular formula is C16H18ClN3O4. The van der Waals surface area contributed by atoms with Crippen molar-refractivity contribution in [1.29, 1.82) is 0 Å². The van der Waals surface area contributed by atoms with E-state index in [1.54, 1.807) is 24.3 Å². The van der Waals surface area contributed by atoms with Gasteiger partial charge in [-0.25, -0.2) is 9.78 Å². The second kappa shape index (κ2) is 7.94. The second-order valence-electron chi connectivity index (χ2n) is 5.29. The number of hydrogen-bond donors (Lipinski definition) is 4. The van der Waals surface area contributed by atoms with E-state index in [-0.39, 0.29) is 23.0 Å². The maximum atomic E-state index is 12.3. The summed E-state index contributed by atoms with van der Waals surface area (Å²) < 4.78 is 0. The van der Waals surface area contributed by atoms with E-state index in [1.807, 2.05) is 0 Å². The largest absolute Gasteiger partial charge is 0.505 e. The quantitative estimate of drug-likeness (QED) is 0.446. The summed E-state index contributed by atoms with van der Waals surface area (Å²) in [5, 5.41) is 22.8. The Morgan fingerprint density at radius 2 is 1.92 bits per heavy atom. The van der Waals surface area contributed by atoms with Crippen molar-refractivity contribution in [2.75, 3.05) is 6.54 Å². The van der Waals surface area contributed by atoms with Gasteiger partial charge in [0.1, 0.15) is 11.2 Å². The highest BCUT2D eigenvalue weighted by molar-refractivity contribution is 6.34. The topological polar surface area (TPSA) is 126 Å². The number of carbonyl (C=O) groups excluding carboxylic acids is 1. The first-order valence-electron chi connectivity index (χ1n) is 7.46. The number of carboxylic acids is 1. The molecule has 0 aliphatic carbocycles. The van der Waals surface area contributed by atoms with Crippen LogP contribution in [-0.4, -0.2) is 39.7 Å². The highest BCUT2D eigenvalue weighted by Gasteiger charge is 2.24. The van der Waals surface area contributed by atoms with Crippen LogP contribution in [0.2, 0.25) is 5.15 Å². The number of aliphatic carboxylic acids is 1. The predicted molar refractivity (Wildman–Crippen MR) is 90.2 cm³/mol. The van der Waals surface area contributed by atoms with E-state index in [2.05, 4.69) is 10.3 Å². The highest BCUT2D eigenvalue weighted by Crippen LogP contribution is 2.31. The smallest absolute Gasteiger partial charge is 0.326 e. The molecule has 8 heteroatoms. The number of rotatable bonds is 7. The number of pyridine rings is 1. The Balaban J connectivity index is 2.27. The average Bonchev–Trinajstić information content (AvgIpc) is 2.57. The molecule has 0 saturated heterocycles.